The molecule has 12 heteroatoms. The number of nitrogens with zero attached hydrogens (tertiary/aromatic N) is 1. The van der Waals surface area contributed by atoms with Crippen molar-refractivity contribution < 1.29 is 37.0 Å². The average Bonchev–Trinajstić information content (AvgIpc) is 3.33. The second kappa shape index (κ2) is 12.6. The van der Waals surface area contributed by atoms with Crippen molar-refractivity contribution in [2.24, 2.45) is 5.73 Å². The summed E-state index contributed by atoms with van der Waals surface area (Å²) in [6.45, 7) is 2.04. The quantitative estimate of drug-likeness (QED) is 0.363. The van der Waals surface area contributed by atoms with Crippen molar-refractivity contribution >= 4 is 35.2 Å². The van der Waals surface area contributed by atoms with Gasteiger partial charge in [0, 0.05) is 36.5 Å². The van der Waals surface area contributed by atoms with Crippen LogP contribution in [-0.2, 0) is 25.5 Å². The van der Waals surface area contributed by atoms with Crippen LogP contribution in [0.3, 0.4) is 0 Å². The number of anilines is 1. The van der Waals surface area contributed by atoms with Gasteiger partial charge in [0.2, 0.25) is 5.91 Å². The molecule has 1 aliphatic rings. The number of amides is 2. The maximum absolute atomic E-state index is 13.9. The number of esters is 1. The zero-order valence-electron chi connectivity index (χ0n) is 19.5. The SMILES string of the molecule is CCOC(=O)COc1ccc(NC(=O)C2SCCN2C(=O)C[C@H](N)Cc2cc(F)c(F)cc2F)cc1. The fourth-order valence-corrected chi connectivity index (χ4v) is 4.68. The third-order valence-electron chi connectivity index (χ3n) is 5.23. The topological polar surface area (TPSA) is 111 Å². The number of benzene rings is 2. The van der Waals surface area contributed by atoms with Crippen LogP contribution in [0.4, 0.5) is 18.9 Å². The van der Waals surface area contributed by atoms with Crippen molar-refractivity contribution in [3.05, 3.63) is 59.4 Å². The largest absolute Gasteiger partial charge is 0.482 e. The summed E-state index contributed by atoms with van der Waals surface area (Å²) in [5.74, 6) is -3.80. The molecule has 1 unspecified atom stereocenters. The predicted molar refractivity (Wildman–Crippen MR) is 128 cm³/mol. The van der Waals surface area contributed by atoms with Gasteiger partial charge in [-0.15, -0.1) is 11.8 Å². The van der Waals surface area contributed by atoms with Crippen molar-refractivity contribution in [2.45, 2.75) is 31.2 Å². The molecule has 2 aromatic rings. The Hall–Kier alpha value is -3.25. The van der Waals surface area contributed by atoms with Gasteiger partial charge in [-0.3, -0.25) is 9.59 Å². The Labute approximate surface area is 210 Å². The average molecular weight is 526 g/mol. The van der Waals surface area contributed by atoms with Crippen molar-refractivity contribution in [3.8, 4) is 5.75 Å². The first kappa shape index (κ1) is 27.3. The van der Waals surface area contributed by atoms with E-state index in [1.165, 1.54) is 16.7 Å². The monoisotopic (exact) mass is 525 g/mol. The summed E-state index contributed by atoms with van der Waals surface area (Å²) >= 11 is 1.29. The molecule has 2 amide bonds. The molecule has 1 heterocycles. The molecule has 0 aromatic heterocycles. The van der Waals surface area contributed by atoms with Crippen LogP contribution in [0, 0.1) is 17.5 Å². The summed E-state index contributed by atoms with van der Waals surface area (Å²) in [6, 6.07) is 6.66. The number of thioether (sulfide) groups is 1. The highest BCUT2D eigenvalue weighted by atomic mass is 32.2. The van der Waals surface area contributed by atoms with E-state index in [-0.39, 0.29) is 31.6 Å². The Morgan fingerprint density at radius 1 is 1.14 bits per heavy atom. The fourth-order valence-electron chi connectivity index (χ4n) is 3.54. The van der Waals surface area contributed by atoms with E-state index in [1.54, 1.807) is 31.2 Å². The maximum Gasteiger partial charge on any atom is 0.344 e. The van der Waals surface area contributed by atoms with Crippen molar-refractivity contribution in [1.82, 2.24) is 4.90 Å². The zero-order chi connectivity index (χ0) is 26.2. The molecule has 1 saturated heterocycles. The molecule has 8 nitrogen and oxygen atoms in total. The van der Waals surface area contributed by atoms with Crippen molar-refractivity contribution in [2.75, 3.05) is 30.8 Å². The lowest BCUT2D eigenvalue weighted by Crippen LogP contribution is -2.44. The predicted octanol–water partition coefficient (Wildman–Crippen LogP) is 2.85. The number of rotatable bonds is 10. The number of nitrogens with two attached hydrogens (primary N) is 1. The summed E-state index contributed by atoms with van der Waals surface area (Å²) in [4.78, 5) is 38.4. The van der Waals surface area contributed by atoms with Crippen LogP contribution in [0.2, 0.25) is 0 Å². The highest BCUT2D eigenvalue weighted by Gasteiger charge is 2.35. The maximum atomic E-state index is 13.9. The Bertz CT molecular complexity index is 1100. The number of carbonyl (C=O) groups excluding carboxylic acids is 3. The molecule has 0 bridgehead atoms. The normalized spacial score (nSPS) is 15.9. The highest BCUT2D eigenvalue weighted by Crippen LogP contribution is 2.27. The minimum atomic E-state index is -1.30. The number of hydrogen-bond donors (Lipinski definition) is 2. The molecule has 36 heavy (non-hydrogen) atoms. The van der Waals surface area contributed by atoms with Crippen LogP contribution in [0.1, 0.15) is 18.9 Å². The second-order valence-electron chi connectivity index (χ2n) is 7.94. The number of ether oxygens (including phenoxy) is 2. The van der Waals surface area contributed by atoms with Crippen molar-refractivity contribution in [3.63, 3.8) is 0 Å². The van der Waals surface area contributed by atoms with E-state index >= 15 is 0 Å². The Balaban J connectivity index is 1.53. The molecule has 3 N–H and O–H groups in total. The van der Waals surface area contributed by atoms with Gasteiger partial charge in [-0.25, -0.2) is 18.0 Å². The Kier molecular flexibility index (Phi) is 9.59. The lowest BCUT2D eigenvalue weighted by Gasteiger charge is -2.24. The molecular weight excluding hydrogens is 499 g/mol. The van der Waals surface area contributed by atoms with E-state index in [4.69, 9.17) is 15.2 Å². The van der Waals surface area contributed by atoms with E-state index in [0.29, 0.717) is 29.8 Å². The molecule has 3 rings (SSSR count). The standard InChI is InChI=1S/C24H26F3N3O5S/c1-2-34-22(32)13-35-17-5-3-16(4-6-17)29-23(33)24-30(7-8-36-24)21(31)11-15(28)9-14-10-19(26)20(27)12-18(14)25/h3-6,10,12,15,24H,2,7-9,11,13,28H2,1H3,(H,29,33)/t15-,24?/m1/s1. The van der Waals surface area contributed by atoms with E-state index in [9.17, 15) is 27.6 Å². The molecule has 0 saturated carbocycles. The van der Waals surface area contributed by atoms with Crippen LogP contribution >= 0.6 is 11.8 Å². The fraction of sp³-hybridized carbons (Fsp3) is 0.375. The molecule has 194 valence electrons. The lowest BCUT2D eigenvalue weighted by atomic mass is 10.0. The van der Waals surface area contributed by atoms with Gasteiger partial charge in [-0.05, 0) is 49.2 Å². The first-order valence-electron chi connectivity index (χ1n) is 11.2. The number of carbonyl (C=O) groups is 3. The van der Waals surface area contributed by atoms with E-state index in [1.807, 2.05) is 0 Å². The second-order valence-corrected chi connectivity index (χ2v) is 9.13. The van der Waals surface area contributed by atoms with E-state index in [2.05, 4.69) is 5.32 Å². The van der Waals surface area contributed by atoms with Crippen LogP contribution in [-0.4, -0.2) is 59.6 Å². The first-order valence-corrected chi connectivity index (χ1v) is 12.2. The van der Waals surface area contributed by atoms with Gasteiger partial charge < -0.3 is 25.4 Å². The summed E-state index contributed by atoms with van der Waals surface area (Å²) < 4.78 is 50.5. The summed E-state index contributed by atoms with van der Waals surface area (Å²) in [7, 11) is 0. The molecular formula is C24H26F3N3O5S. The van der Waals surface area contributed by atoms with Crippen molar-refractivity contribution in [1.29, 1.82) is 0 Å². The third kappa shape index (κ3) is 7.37. The lowest BCUT2D eigenvalue weighted by molar-refractivity contribution is -0.145. The molecule has 0 radical (unpaired) electrons. The van der Waals surface area contributed by atoms with Gasteiger partial charge in [-0.2, -0.15) is 0 Å². The molecule has 1 aliphatic heterocycles. The van der Waals surface area contributed by atoms with Gasteiger partial charge in [-0.1, -0.05) is 0 Å². The Morgan fingerprint density at radius 3 is 2.53 bits per heavy atom. The van der Waals surface area contributed by atoms with Gasteiger partial charge in [0.25, 0.3) is 5.91 Å². The highest BCUT2D eigenvalue weighted by molar-refractivity contribution is 8.00. The molecule has 2 aromatic carbocycles. The smallest absolute Gasteiger partial charge is 0.344 e. The van der Waals surface area contributed by atoms with Gasteiger partial charge in [0.1, 0.15) is 11.6 Å². The number of nitrogens with one attached hydrogen (secondary N) is 1. The minimum absolute atomic E-state index is 0.131. The minimum Gasteiger partial charge on any atom is -0.482 e. The molecule has 1 fully saturated rings. The summed E-state index contributed by atoms with van der Waals surface area (Å²) in [6.07, 6.45) is -0.369. The molecule has 0 spiro atoms. The van der Waals surface area contributed by atoms with Gasteiger partial charge >= 0.3 is 5.97 Å². The van der Waals surface area contributed by atoms with E-state index in [0.717, 1.165) is 6.07 Å². The molecule has 0 aliphatic carbocycles. The molecule has 2 atom stereocenters. The Morgan fingerprint density at radius 2 is 1.83 bits per heavy atom. The number of halogens is 3. The number of hydrogen-bond acceptors (Lipinski definition) is 7. The summed E-state index contributed by atoms with van der Waals surface area (Å²) in [5.41, 5.74) is 6.31. The zero-order valence-corrected chi connectivity index (χ0v) is 20.3. The third-order valence-corrected chi connectivity index (χ3v) is 6.43. The first-order chi connectivity index (χ1) is 17.2. The van der Waals surface area contributed by atoms with Crippen LogP contribution in [0.25, 0.3) is 0 Å². The van der Waals surface area contributed by atoms with Crippen LogP contribution in [0.5, 0.6) is 5.75 Å². The van der Waals surface area contributed by atoms with Gasteiger partial charge in [0.05, 0.1) is 6.61 Å². The van der Waals surface area contributed by atoms with Crippen LogP contribution in [0.15, 0.2) is 36.4 Å². The van der Waals surface area contributed by atoms with E-state index < -0.39 is 46.7 Å². The van der Waals surface area contributed by atoms with Crippen LogP contribution < -0.4 is 15.8 Å². The summed E-state index contributed by atoms with van der Waals surface area (Å²) in [5, 5.41) is 1.95. The van der Waals surface area contributed by atoms with Gasteiger partial charge in [0.15, 0.2) is 23.6 Å².